The summed E-state index contributed by atoms with van der Waals surface area (Å²) in [7, 11) is -2.99. The van der Waals surface area contributed by atoms with Crippen LogP contribution in [0, 0.1) is 0 Å². The summed E-state index contributed by atoms with van der Waals surface area (Å²) in [5, 5.41) is -0.273. The van der Waals surface area contributed by atoms with Gasteiger partial charge in [0.1, 0.15) is 0 Å². The van der Waals surface area contributed by atoms with Gasteiger partial charge in [0, 0.05) is 13.1 Å². The van der Waals surface area contributed by atoms with Crippen LogP contribution in [0.15, 0.2) is 0 Å². The molecule has 1 fully saturated rings. The smallest absolute Gasteiger partial charge is 0.212 e. The highest BCUT2D eigenvalue weighted by molar-refractivity contribution is 7.89. The number of rotatable bonds is 2. The second kappa shape index (κ2) is 4.42. The van der Waals surface area contributed by atoms with Gasteiger partial charge in [-0.25, -0.2) is 12.7 Å². The van der Waals surface area contributed by atoms with Gasteiger partial charge in [0.15, 0.2) is 0 Å². The molecule has 0 saturated carbocycles. The maximum atomic E-state index is 11.8. The van der Waals surface area contributed by atoms with Crippen molar-refractivity contribution in [1.29, 1.82) is 0 Å². The fraction of sp³-hybridized carbons (Fsp3) is 1.00. The summed E-state index contributed by atoms with van der Waals surface area (Å²) < 4.78 is 25.2. The Hall–Kier alpha value is -0.0900. The summed E-state index contributed by atoms with van der Waals surface area (Å²) in [6.45, 7) is 4.95. The van der Waals surface area contributed by atoms with Gasteiger partial charge >= 0.3 is 0 Å². The Labute approximate surface area is 81.2 Å². The van der Waals surface area contributed by atoms with Gasteiger partial charge in [-0.05, 0) is 26.7 Å². The van der Waals surface area contributed by atoms with E-state index < -0.39 is 10.0 Å². The molecule has 3 nitrogen and oxygen atoms in total. The van der Waals surface area contributed by atoms with Crippen molar-refractivity contribution in [3.8, 4) is 0 Å². The first-order valence-corrected chi connectivity index (χ1v) is 6.54. The van der Waals surface area contributed by atoms with E-state index in [0.717, 1.165) is 25.9 Å². The van der Waals surface area contributed by atoms with Gasteiger partial charge in [-0.3, -0.25) is 0 Å². The zero-order valence-corrected chi connectivity index (χ0v) is 9.31. The molecular formula is C9H19NO2S. The highest BCUT2D eigenvalue weighted by atomic mass is 32.2. The van der Waals surface area contributed by atoms with E-state index in [1.54, 1.807) is 18.2 Å². The van der Waals surface area contributed by atoms with Crippen molar-refractivity contribution in [2.45, 2.75) is 44.8 Å². The molecule has 0 aromatic heterocycles. The van der Waals surface area contributed by atoms with Gasteiger partial charge in [-0.1, -0.05) is 12.8 Å². The van der Waals surface area contributed by atoms with E-state index in [1.165, 1.54) is 12.8 Å². The SMILES string of the molecule is CC(C)S(=O)(=O)N1CCCCCC1. The van der Waals surface area contributed by atoms with Gasteiger partial charge in [0.2, 0.25) is 10.0 Å². The summed E-state index contributed by atoms with van der Waals surface area (Å²) in [5.74, 6) is 0. The molecule has 0 aromatic carbocycles. The molecule has 0 unspecified atom stereocenters. The topological polar surface area (TPSA) is 37.4 Å². The molecule has 0 amide bonds. The van der Waals surface area contributed by atoms with E-state index in [-0.39, 0.29) is 5.25 Å². The highest BCUT2D eigenvalue weighted by Gasteiger charge is 2.25. The molecule has 0 atom stereocenters. The molecule has 78 valence electrons. The predicted molar refractivity (Wildman–Crippen MR) is 54.1 cm³/mol. The second-order valence-electron chi connectivity index (χ2n) is 3.91. The third kappa shape index (κ3) is 2.68. The molecule has 0 radical (unpaired) electrons. The van der Waals surface area contributed by atoms with Crippen LogP contribution in [-0.2, 0) is 10.0 Å². The van der Waals surface area contributed by atoms with Crippen LogP contribution in [0.5, 0.6) is 0 Å². The molecule has 1 aliphatic rings. The van der Waals surface area contributed by atoms with Crippen molar-refractivity contribution in [2.75, 3.05) is 13.1 Å². The summed E-state index contributed by atoms with van der Waals surface area (Å²) in [5.41, 5.74) is 0. The minimum absolute atomic E-state index is 0.273. The van der Waals surface area contributed by atoms with Crippen molar-refractivity contribution in [3.63, 3.8) is 0 Å². The molecule has 0 spiro atoms. The minimum atomic E-state index is -2.99. The average Bonchev–Trinajstić information content (AvgIpc) is 2.31. The Morgan fingerprint density at radius 1 is 1.00 bits per heavy atom. The lowest BCUT2D eigenvalue weighted by Crippen LogP contribution is -2.36. The third-order valence-corrected chi connectivity index (χ3v) is 4.80. The molecule has 4 heteroatoms. The Balaban J connectivity index is 2.69. The first-order chi connectivity index (χ1) is 6.05. The second-order valence-corrected chi connectivity index (χ2v) is 6.40. The Morgan fingerprint density at radius 2 is 1.46 bits per heavy atom. The highest BCUT2D eigenvalue weighted by Crippen LogP contribution is 2.16. The maximum Gasteiger partial charge on any atom is 0.216 e. The minimum Gasteiger partial charge on any atom is -0.212 e. The largest absolute Gasteiger partial charge is 0.216 e. The monoisotopic (exact) mass is 205 g/mol. The molecule has 1 aliphatic heterocycles. The Morgan fingerprint density at radius 3 is 1.85 bits per heavy atom. The molecule has 13 heavy (non-hydrogen) atoms. The van der Waals surface area contributed by atoms with Gasteiger partial charge in [0.25, 0.3) is 0 Å². The molecule has 0 aliphatic carbocycles. The quantitative estimate of drug-likeness (QED) is 0.686. The number of hydrogen-bond acceptors (Lipinski definition) is 2. The van der Waals surface area contributed by atoms with Crippen molar-refractivity contribution in [2.24, 2.45) is 0 Å². The predicted octanol–water partition coefficient (Wildman–Crippen LogP) is 1.60. The fourth-order valence-electron chi connectivity index (χ4n) is 1.59. The number of hydrogen-bond donors (Lipinski definition) is 0. The van der Waals surface area contributed by atoms with E-state index >= 15 is 0 Å². The summed E-state index contributed by atoms with van der Waals surface area (Å²) >= 11 is 0. The van der Waals surface area contributed by atoms with E-state index in [0.29, 0.717) is 0 Å². The van der Waals surface area contributed by atoms with E-state index in [4.69, 9.17) is 0 Å². The van der Waals surface area contributed by atoms with Crippen LogP contribution in [0.4, 0.5) is 0 Å². The van der Waals surface area contributed by atoms with Crippen molar-refractivity contribution >= 4 is 10.0 Å². The van der Waals surface area contributed by atoms with Crippen LogP contribution >= 0.6 is 0 Å². The summed E-state index contributed by atoms with van der Waals surface area (Å²) in [6.07, 6.45) is 4.38. The van der Waals surface area contributed by atoms with Crippen molar-refractivity contribution < 1.29 is 8.42 Å². The average molecular weight is 205 g/mol. The van der Waals surface area contributed by atoms with Crippen LogP contribution in [0.2, 0.25) is 0 Å². The van der Waals surface area contributed by atoms with Gasteiger partial charge < -0.3 is 0 Å². The zero-order valence-electron chi connectivity index (χ0n) is 8.49. The van der Waals surface area contributed by atoms with Gasteiger partial charge in [-0.2, -0.15) is 0 Å². The Kier molecular flexibility index (Phi) is 3.74. The molecular weight excluding hydrogens is 186 g/mol. The first kappa shape index (κ1) is 11.0. The number of nitrogens with zero attached hydrogens (tertiary/aromatic N) is 1. The zero-order chi connectivity index (χ0) is 9.90. The van der Waals surface area contributed by atoms with Gasteiger partial charge in [-0.15, -0.1) is 0 Å². The van der Waals surface area contributed by atoms with Crippen molar-refractivity contribution in [1.82, 2.24) is 4.31 Å². The van der Waals surface area contributed by atoms with Gasteiger partial charge in [0.05, 0.1) is 5.25 Å². The number of sulfonamides is 1. The normalized spacial score (nSPS) is 21.8. The lowest BCUT2D eigenvalue weighted by molar-refractivity contribution is 0.418. The van der Waals surface area contributed by atoms with E-state index in [9.17, 15) is 8.42 Å². The van der Waals surface area contributed by atoms with Crippen LogP contribution in [0.25, 0.3) is 0 Å². The van der Waals surface area contributed by atoms with E-state index in [2.05, 4.69) is 0 Å². The van der Waals surface area contributed by atoms with Crippen LogP contribution in [-0.4, -0.2) is 31.1 Å². The summed E-state index contributed by atoms with van der Waals surface area (Å²) in [4.78, 5) is 0. The fourth-order valence-corrected chi connectivity index (χ4v) is 2.96. The molecule has 0 aromatic rings. The molecule has 0 bridgehead atoms. The molecule has 1 heterocycles. The molecule has 1 saturated heterocycles. The third-order valence-electron chi connectivity index (χ3n) is 2.52. The van der Waals surface area contributed by atoms with E-state index in [1.807, 2.05) is 0 Å². The van der Waals surface area contributed by atoms with Crippen LogP contribution in [0.1, 0.15) is 39.5 Å². The Bertz CT molecular complexity index is 238. The van der Waals surface area contributed by atoms with Crippen LogP contribution < -0.4 is 0 Å². The molecule has 0 N–H and O–H groups in total. The first-order valence-electron chi connectivity index (χ1n) is 5.04. The van der Waals surface area contributed by atoms with Crippen molar-refractivity contribution in [3.05, 3.63) is 0 Å². The lowest BCUT2D eigenvalue weighted by Gasteiger charge is -2.22. The van der Waals surface area contributed by atoms with Crippen LogP contribution in [0.3, 0.4) is 0 Å². The molecule has 1 rings (SSSR count). The maximum absolute atomic E-state index is 11.8. The summed E-state index contributed by atoms with van der Waals surface area (Å²) in [6, 6.07) is 0. The lowest BCUT2D eigenvalue weighted by atomic mass is 10.2. The standard InChI is InChI=1S/C9H19NO2S/c1-9(2)13(11,12)10-7-5-3-4-6-8-10/h9H,3-8H2,1-2H3.